The van der Waals surface area contributed by atoms with Gasteiger partial charge in [-0.2, -0.15) is 0 Å². The highest BCUT2D eigenvalue weighted by molar-refractivity contribution is 7.15. The molecule has 0 aromatic carbocycles. The zero-order valence-electron chi connectivity index (χ0n) is 7.23. The maximum absolute atomic E-state index is 5.57. The van der Waals surface area contributed by atoms with E-state index in [4.69, 9.17) is 10.5 Å². The van der Waals surface area contributed by atoms with Crippen LogP contribution >= 0.6 is 11.3 Å². The number of hydrogen-bond acceptors (Lipinski definition) is 5. The minimum Gasteiger partial charge on any atom is -0.377 e. The van der Waals surface area contributed by atoms with Gasteiger partial charge in [-0.3, -0.25) is 4.40 Å². The van der Waals surface area contributed by atoms with Crippen molar-refractivity contribution in [2.45, 2.75) is 13.2 Å². The Labute approximate surface area is 79.1 Å². The molecule has 2 aromatic rings. The van der Waals surface area contributed by atoms with Gasteiger partial charge in [0.2, 0.25) is 4.96 Å². The minimum absolute atomic E-state index is 0.463. The predicted octanol–water partition coefficient (Wildman–Crippen LogP) is 0.396. The van der Waals surface area contributed by atoms with Crippen molar-refractivity contribution < 1.29 is 4.74 Å². The Balaban J connectivity index is 2.54. The third-order valence-electron chi connectivity index (χ3n) is 1.77. The van der Waals surface area contributed by atoms with E-state index in [0.29, 0.717) is 13.2 Å². The van der Waals surface area contributed by atoms with E-state index in [0.717, 1.165) is 16.5 Å². The first-order chi connectivity index (χ1) is 6.36. The first kappa shape index (κ1) is 8.61. The molecule has 2 heterocycles. The van der Waals surface area contributed by atoms with Crippen molar-refractivity contribution in [2.75, 3.05) is 7.11 Å². The van der Waals surface area contributed by atoms with Gasteiger partial charge < -0.3 is 10.5 Å². The second kappa shape index (κ2) is 3.41. The molecule has 0 atom stereocenters. The lowest BCUT2D eigenvalue weighted by atomic mass is 10.5. The summed E-state index contributed by atoms with van der Waals surface area (Å²) >= 11 is 1.54. The second-order valence-electron chi connectivity index (χ2n) is 2.60. The molecule has 70 valence electrons. The van der Waals surface area contributed by atoms with Crippen LogP contribution < -0.4 is 5.73 Å². The molecule has 0 spiro atoms. The number of thiazole rings is 1. The van der Waals surface area contributed by atoms with E-state index in [-0.39, 0.29) is 0 Å². The Kier molecular flexibility index (Phi) is 2.26. The van der Waals surface area contributed by atoms with E-state index >= 15 is 0 Å². The summed E-state index contributed by atoms with van der Waals surface area (Å²) in [7, 11) is 1.63. The third kappa shape index (κ3) is 1.32. The second-order valence-corrected chi connectivity index (χ2v) is 3.43. The maximum Gasteiger partial charge on any atom is 0.216 e. The van der Waals surface area contributed by atoms with Crippen LogP contribution in [-0.2, 0) is 17.9 Å². The van der Waals surface area contributed by atoms with Crippen LogP contribution in [-0.4, -0.2) is 21.7 Å². The first-order valence-corrected chi connectivity index (χ1v) is 4.74. The predicted molar refractivity (Wildman–Crippen MR) is 49.5 cm³/mol. The standard InChI is InChI=1S/C7H10N4OS/c1-12-3-6-9-10-7-11(6)5(2-8)4-13-7/h4H,2-3,8H2,1H3. The van der Waals surface area contributed by atoms with Gasteiger partial charge in [-0.15, -0.1) is 21.5 Å². The monoisotopic (exact) mass is 198 g/mol. The number of methoxy groups -OCH3 is 1. The van der Waals surface area contributed by atoms with Crippen molar-refractivity contribution in [3.8, 4) is 0 Å². The van der Waals surface area contributed by atoms with Gasteiger partial charge >= 0.3 is 0 Å². The fourth-order valence-corrected chi connectivity index (χ4v) is 2.06. The van der Waals surface area contributed by atoms with Crippen LogP contribution in [0.15, 0.2) is 5.38 Å². The molecule has 2 N–H and O–H groups in total. The highest BCUT2D eigenvalue weighted by Crippen LogP contribution is 2.15. The summed E-state index contributed by atoms with van der Waals surface area (Å²) in [6.07, 6.45) is 0. The summed E-state index contributed by atoms with van der Waals surface area (Å²) in [5, 5.41) is 9.99. The maximum atomic E-state index is 5.57. The van der Waals surface area contributed by atoms with Crippen molar-refractivity contribution in [3.63, 3.8) is 0 Å². The lowest BCUT2D eigenvalue weighted by molar-refractivity contribution is 0.176. The number of nitrogens with two attached hydrogens (primary N) is 1. The van der Waals surface area contributed by atoms with Gasteiger partial charge in [0.1, 0.15) is 6.61 Å². The Morgan fingerprint density at radius 3 is 3.15 bits per heavy atom. The van der Waals surface area contributed by atoms with Crippen molar-refractivity contribution in [1.29, 1.82) is 0 Å². The summed E-state index contributed by atoms with van der Waals surface area (Å²) in [6, 6.07) is 0. The van der Waals surface area contributed by atoms with Gasteiger partial charge in [-0.05, 0) is 0 Å². The molecule has 0 aliphatic heterocycles. The topological polar surface area (TPSA) is 65.4 Å². The fraction of sp³-hybridized carbons (Fsp3) is 0.429. The van der Waals surface area contributed by atoms with Crippen LogP contribution in [0.5, 0.6) is 0 Å². The molecule has 0 radical (unpaired) electrons. The molecule has 0 unspecified atom stereocenters. The van der Waals surface area contributed by atoms with Crippen LogP contribution in [0.1, 0.15) is 11.5 Å². The zero-order valence-corrected chi connectivity index (χ0v) is 8.04. The Bertz CT molecular complexity index is 407. The van der Waals surface area contributed by atoms with Crippen molar-refractivity contribution >= 4 is 16.3 Å². The highest BCUT2D eigenvalue weighted by Gasteiger charge is 2.09. The lowest BCUT2D eigenvalue weighted by Gasteiger charge is -1.97. The van der Waals surface area contributed by atoms with Gasteiger partial charge in [0.05, 0.1) is 5.69 Å². The molecule has 6 heteroatoms. The van der Waals surface area contributed by atoms with Crippen LogP contribution in [0.3, 0.4) is 0 Å². The summed E-state index contributed by atoms with van der Waals surface area (Å²) in [5.41, 5.74) is 6.60. The number of fused-ring (bicyclic) bond motifs is 1. The molecule has 0 saturated heterocycles. The van der Waals surface area contributed by atoms with Crippen LogP contribution in [0, 0.1) is 0 Å². The normalized spacial score (nSPS) is 11.2. The van der Waals surface area contributed by atoms with Crippen LogP contribution in [0.25, 0.3) is 4.96 Å². The summed E-state index contributed by atoms with van der Waals surface area (Å²) in [5.74, 6) is 0.805. The molecule has 0 aliphatic carbocycles. The molecular weight excluding hydrogens is 188 g/mol. The Morgan fingerprint density at radius 1 is 1.62 bits per heavy atom. The highest BCUT2D eigenvalue weighted by atomic mass is 32.1. The number of hydrogen-bond donors (Lipinski definition) is 1. The third-order valence-corrected chi connectivity index (χ3v) is 2.64. The molecule has 5 nitrogen and oxygen atoms in total. The van der Waals surface area contributed by atoms with E-state index in [1.807, 2.05) is 9.78 Å². The SMILES string of the molecule is COCc1nnc2scc(CN)n12. The molecule has 0 bridgehead atoms. The molecule has 0 aliphatic rings. The van der Waals surface area contributed by atoms with Gasteiger partial charge in [-0.1, -0.05) is 0 Å². The Morgan fingerprint density at radius 2 is 2.46 bits per heavy atom. The zero-order chi connectivity index (χ0) is 9.26. The number of aromatic nitrogens is 3. The van der Waals surface area contributed by atoms with E-state index in [1.165, 1.54) is 11.3 Å². The summed E-state index contributed by atoms with van der Waals surface area (Å²) in [6.45, 7) is 0.958. The number of rotatable bonds is 3. The van der Waals surface area contributed by atoms with Gasteiger partial charge in [0.25, 0.3) is 0 Å². The number of nitrogens with zero attached hydrogens (tertiary/aromatic N) is 3. The smallest absolute Gasteiger partial charge is 0.216 e. The molecule has 13 heavy (non-hydrogen) atoms. The van der Waals surface area contributed by atoms with E-state index < -0.39 is 0 Å². The summed E-state index contributed by atoms with van der Waals surface area (Å²) < 4.78 is 6.94. The van der Waals surface area contributed by atoms with Gasteiger partial charge in [0, 0.05) is 19.0 Å². The molecule has 0 saturated carbocycles. The molecule has 0 fully saturated rings. The van der Waals surface area contributed by atoms with Gasteiger partial charge in [0.15, 0.2) is 5.82 Å². The Hall–Kier alpha value is -0.980. The van der Waals surface area contributed by atoms with Crippen molar-refractivity contribution in [1.82, 2.24) is 14.6 Å². The number of ether oxygens (including phenoxy) is 1. The average Bonchev–Trinajstić information content (AvgIpc) is 2.68. The molecular formula is C7H10N4OS. The van der Waals surface area contributed by atoms with E-state index in [2.05, 4.69) is 10.2 Å². The molecule has 2 aromatic heterocycles. The summed E-state index contributed by atoms with van der Waals surface area (Å²) in [4.78, 5) is 0.868. The van der Waals surface area contributed by atoms with Gasteiger partial charge in [-0.25, -0.2) is 0 Å². The minimum atomic E-state index is 0.463. The van der Waals surface area contributed by atoms with E-state index in [1.54, 1.807) is 7.11 Å². The quantitative estimate of drug-likeness (QED) is 0.775. The van der Waals surface area contributed by atoms with Crippen molar-refractivity contribution in [3.05, 3.63) is 16.9 Å². The lowest BCUT2D eigenvalue weighted by Crippen LogP contribution is -2.04. The van der Waals surface area contributed by atoms with Crippen LogP contribution in [0.2, 0.25) is 0 Å². The molecule has 0 amide bonds. The van der Waals surface area contributed by atoms with Crippen LogP contribution in [0.4, 0.5) is 0 Å². The van der Waals surface area contributed by atoms with Crippen molar-refractivity contribution in [2.24, 2.45) is 5.73 Å². The fourth-order valence-electron chi connectivity index (χ4n) is 1.20. The largest absolute Gasteiger partial charge is 0.377 e. The first-order valence-electron chi connectivity index (χ1n) is 3.86. The molecule has 2 rings (SSSR count). The van der Waals surface area contributed by atoms with E-state index in [9.17, 15) is 0 Å². The average molecular weight is 198 g/mol.